The van der Waals surface area contributed by atoms with Gasteiger partial charge >= 0.3 is 5.97 Å². The van der Waals surface area contributed by atoms with Crippen molar-refractivity contribution in [2.75, 3.05) is 6.61 Å². The van der Waals surface area contributed by atoms with Crippen molar-refractivity contribution in [3.63, 3.8) is 0 Å². The Kier molecular flexibility index (Phi) is 6.33. The van der Waals surface area contributed by atoms with Gasteiger partial charge in [-0.15, -0.1) is 0 Å². The maximum absolute atomic E-state index is 12.5. The number of hydrogen-bond donors (Lipinski definition) is 1. The van der Waals surface area contributed by atoms with Crippen LogP contribution in [-0.2, 0) is 4.74 Å². The highest BCUT2D eigenvalue weighted by Gasteiger charge is 2.25. The van der Waals surface area contributed by atoms with Gasteiger partial charge in [0, 0.05) is 11.8 Å². The number of aromatic nitrogens is 1. The topological polar surface area (TPSA) is 42.1 Å². The van der Waals surface area contributed by atoms with Crippen molar-refractivity contribution in [2.24, 2.45) is 0 Å². The Balaban J connectivity index is 2.85. The molecule has 0 aliphatic carbocycles. The molecule has 1 N–H and O–H groups in total. The molecule has 0 spiro atoms. The van der Waals surface area contributed by atoms with Crippen LogP contribution in [0.1, 0.15) is 99.0 Å². The predicted molar refractivity (Wildman–Crippen MR) is 109 cm³/mol. The number of aryl methyl sites for hydroxylation is 1. The maximum atomic E-state index is 12.5. The number of rotatable bonds is 6. The minimum absolute atomic E-state index is 0.284. The van der Waals surface area contributed by atoms with Crippen molar-refractivity contribution in [3.8, 4) is 11.1 Å². The molecular weight excluding hydrogens is 322 g/mol. The Hall–Kier alpha value is -2.03. The zero-order chi connectivity index (χ0) is 19.6. The molecule has 3 nitrogen and oxygen atoms in total. The number of hydrogen-bond acceptors (Lipinski definition) is 2. The van der Waals surface area contributed by atoms with Gasteiger partial charge in [-0.1, -0.05) is 53.7 Å². The van der Waals surface area contributed by atoms with E-state index >= 15 is 0 Å². The van der Waals surface area contributed by atoms with E-state index in [2.05, 4.69) is 65.6 Å². The lowest BCUT2D eigenvalue weighted by atomic mass is 9.81. The molecule has 0 saturated carbocycles. The third-order valence-corrected chi connectivity index (χ3v) is 4.94. The molecule has 1 aromatic heterocycles. The standard InChI is InChI=1S/C23H33NO2/c1-9-26-23(25)22-20(16(8)12-24-22)21-18(14(4)5)10-17(13(2)3)11-19(21)15(6)7/h10-15,24H,9H2,1-8H3. The van der Waals surface area contributed by atoms with Crippen LogP contribution < -0.4 is 0 Å². The van der Waals surface area contributed by atoms with Gasteiger partial charge < -0.3 is 9.72 Å². The van der Waals surface area contributed by atoms with E-state index in [0.717, 1.165) is 11.1 Å². The Morgan fingerprint density at radius 1 is 0.962 bits per heavy atom. The van der Waals surface area contributed by atoms with Gasteiger partial charge in [-0.05, 0) is 59.4 Å². The van der Waals surface area contributed by atoms with Crippen molar-refractivity contribution in [2.45, 2.75) is 73.1 Å². The number of H-pyrrole nitrogens is 1. The predicted octanol–water partition coefficient (Wildman–Crippen LogP) is 6.54. The quantitative estimate of drug-likeness (QED) is 0.598. The molecule has 0 atom stereocenters. The Morgan fingerprint density at radius 3 is 1.92 bits per heavy atom. The molecule has 3 heteroatoms. The molecule has 0 bridgehead atoms. The van der Waals surface area contributed by atoms with Gasteiger partial charge in [-0.25, -0.2) is 4.79 Å². The van der Waals surface area contributed by atoms with E-state index in [1.807, 2.05) is 13.1 Å². The summed E-state index contributed by atoms with van der Waals surface area (Å²) in [6.07, 6.45) is 1.91. The van der Waals surface area contributed by atoms with Gasteiger partial charge in [0.15, 0.2) is 0 Å². The van der Waals surface area contributed by atoms with E-state index in [-0.39, 0.29) is 5.97 Å². The zero-order valence-electron chi connectivity index (χ0n) is 17.5. The second-order valence-corrected chi connectivity index (χ2v) is 7.98. The van der Waals surface area contributed by atoms with Crippen LogP contribution in [0.15, 0.2) is 18.3 Å². The van der Waals surface area contributed by atoms with Crippen LogP contribution in [0.5, 0.6) is 0 Å². The molecule has 1 heterocycles. The first-order valence-corrected chi connectivity index (χ1v) is 9.72. The Labute approximate surface area is 158 Å². The molecule has 0 radical (unpaired) electrons. The number of benzene rings is 1. The number of esters is 1. The van der Waals surface area contributed by atoms with E-state index in [1.54, 1.807) is 0 Å². The highest BCUT2D eigenvalue weighted by Crippen LogP contribution is 2.41. The van der Waals surface area contributed by atoms with Crippen molar-refractivity contribution >= 4 is 5.97 Å². The lowest BCUT2D eigenvalue weighted by molar-refractivity contribution is 0.0521. The van der Waals surface area contributed by atoms with Crippen LogP contribution in [0.2, 0.25) is 0 Å². The number of nitrogens with one attached hydrogen (secondary N) is 1. The number of aromatic amines is 1. The summed E-state index contributed by atoms with van der Waals surface area (Å²) >= 11 is 0. The van der Waals surface area contributed by atoms with Crippen LogP contribution in [0.25, 0.3) is 11.1 Å². The third-order valence-electron chi connectivity index (χ3n) is 4.94. The maximum Gasteiger partial charge on any atom is 0.355 e. The molecule has 0 unspecified atom stereocenters. The summed E-state index contributed by atoms with van der Waals surface area (Å²) in [6, 6.07) is 4.63. The van der Waals surface area contributed by atoms with Gasteiger partial charge in [-0.3, -0.25) is 0 Å². The van der Waals surface area contributed by atoms with Gasteiger partial charge in [0.2, 0.25) is 0 Å². The summed E-state index contributed by atoms with van der Waals surface area (Å²) in [5.74, 6) is 0.917. The Morgan fingerprint density at radius 2 is 1.50 bits per heavy atom. The first kappa shape index (κ1) is 20.3. The van der Waals surface area contributed by atoms with Crippen LogP contribution in [-0.4, -0.2) is 17.6 Å². The molecule has 0 aliphatic heterocycles. The highest BCUT2D eigenvalue weighted by molar-refractivity contribution is 5.98. The number of carbonyl (C=O) groups is 1. The van der Waals surface area contributed by atoms with Gasteiger partial charge in [0.25, 0.3) is 0 Å². The number of ether oxygens (including phenoxy) is 1. The summed E-state index contributed by atoms with van der Waals surface area (Å²) in [5.41, 5.74) is 7.78. The lowest BCUT2D eigenvalue weighted by Crippen LogP contribution is -2.09. The molecule has 0 saturated heterocycles. The van der Waals surface area contributed by atoms with Crippen LogP contribution in [0.3, 0.4) is 0 Å². The van der Waals surface area contributed by atoms with E-state index < -0.39 is 0 Å². The molecule has 0 amide bonds. The first-order chi connectivity index (χ1) is 12.2. The molecule has 1 aromatic carbocycles. The van der Waals surface area contributed by atoms with Crippen molar-refractivity contribution in [1.29, 1.82) is 0 Å². The number of carbonyl (C=O) groups excluding carboxylic acids is 1. The molecule has 26 heavy (non-hydrogen) atoms. The first-order valence-electron chi connectivity index (χ1n) is 9.72. The molecule has 2 aromatic rings. The average Bonchev–Trinajstić information content (AvgIpc) is 2.94. The third kappa shape index (κ3) is 3.87. The average molecular weight is 356 g/mol. The summed E-state index contributed by atoms with van der Waals surface area (Å²) in [6.45, 7) is 17.6. The summed E-state index contributed by atoms with van der Waals surface area (Å²) in [7, 11) is 0. The molecule has 0 fully saturated rings. The second-order valence-electron chi connectivity index (χ2n) is 7.98. The molecule has 142 valence electrons. The zero-order valence-corrected chi connectivity index (χ0v) is 17.5. The second kappa shape index (κ2) is 8.11. The molecule has 0 aliphatic rings. The van der Waals surface area contributed by atoms with Crippen molar-refractivity contribution < 1.29 is 9.53 Å². The minimum atomic E-state index is -0.284. The van der Waals surface area contributed by atoms with E-state index in [4.69, 9.17) is 4.74 Å². The van der Waals surface area contributed by atoms with Crippen LogP contribution in [0.4, 0.5) is 0 Å². The normalized spacial score (nSPS) is 11.7. The van der Waals surface area contributed by atoms with Crippen LogP contribution in [0, 0.1) is 6.92 Å². The Bertz CT molecular complexity index is 752. The van der Waals surface area contributed by atoms with Gasteiger partial charge in [-0.2, -0.15) is 0 Å². The van der Waals surface area contributed by atoms with E-state index in [9.17, 15) is 4.79 Å². The largest absolute Gasteiger partial charge is 0.461 e. The fourth-order valence-corrected chi connectivity index (χ4v) is 3.45. The lowest BCUT2D eigenvalue weighted by Gasteiger charge is -2.23. The minimum Gasteiger partial charge on any atom is -0.461 e. The van der Waals surface area contributed by atoms with Crippen molar-refractivity contribution in [3.05, 3.63) is 46.3 Å². The smallest absolute Gasteiger partial charge is 0.355 e. The SMILES string of the molecule is CCOC(=O)c1[nH]cc(C)c1-c1c(C(C)C)cc(C(C)C)cc1C(C)C. The van der Waals surface area contributed by atoms with Crippen LogP contribution >= 0.6 is 0 Å². The molecule has 2 rings (SSSR count). The van der Waals surface area contributed by atoms with Gasteiger partial charge in [0.1, 0.15) is 5.69 Å². The van der Waals surface area contributed by atoms with Crippen molar-refractivity contribution in [1.82, 2.24) is 4.98 Å². The van der Waals surface area contributed by atoms with Gasteiger partial charge in [0.05, 0.1) is 6.61 Å². The fraction of sp³-hybridized carbons (Fsp3) is 0.522. The molecular formula is C23H33NO2. The summed E-state index contributed by atoms with van der Waals surface area (Å²) in [5, 5.41) is 0. The van der Waals surface area contributed by atoms with E-state index in [0.29, 0.717) is 30.1 Å². The summed E-state index contributed by atoms with van der Waals surface area (Å²) < 4.78 is 5.30. The monoisotopic (exact) mass is 355 g/mol. The summed E-state index contributed by atoms with van der Waals surface area (Å²) in [4.78, 5) is 15.7. The highest BCUT2D eigenvalue weighted by atomic mass is 16.5. The fourth-order valence-electron chi connectivity index (χ4n) is 3.45. The van der Waals surface area contributed by atoms with E-state index in [1.165, 1.54) is 22.3 Å².